The van der Waals surface area contributed by atoms with E-state index in [4.69, 9.17) is 4.74 Å². The van der Waals surface area contributed by atoms with Crippen molar-refractivity contribution in [3.63, 3.8) is 0 Å². The molecule has 1 N–H and O–H groups in total. The van der Waals surface area contributed by atoms with E-state index in [0.717, 1.165) is 6.07 Å². The number of amides is 1. The molecule has 0 unspecified atom stereocenters. The summed E-state index contributed by atoms with van der Waals surface area (Å²) in [6.45, 7) is 3.36. The van der Waals surface area contributed by atoms with Crippen LogP contribution in [0.4, 0.5) is 10.2 Å². The molecular weight excluding hydrogens is 369 g/mol. The molecule has 1 aromatic carbocycles. The van der Waals surface area contributed by atoms with Gasteiger partial charge in [-0.3, -0.25) is 4.79 Å². The number of halogens is 2. The first kappa shape index (κ1) is 17.1. The fourth-order valence-electron chi connectivity index (χ4n) is 1.87. The summed E-state index contributed by atoms with van der Waals surface area (Å²) in [7, 11) is 0. The van der Waals surface area contributed by atoms with E-state index < -0.39 is 24.3 Å². The van der Waals surface area contributed by atoms with Crippen LogP contribution >= 0.6 is 15.9 Å². The maximum absolute atomic E-state index is 13.2. The number of benzene rings is 1. The van der Waals surface area contributed by atoms with Crippen LogP contribution in [-0.2, 0) is 9.53 Å². The maximum Gasteiger partial charge on any atom is 0.339 e. The Kier molecular flexibility index (Phi) is 5.49. The van der Waals surface area contributed by atoms with Crippen molar-refractivity contribution in [2.75, 3.05) is 11.9 Å². The van der Waals surface area contributed by atoms with Crippen LogP contribution in [-0.4, -0.2) is 28.3 Å². The Balaban J connectivity index is 1.95. The van der Waals surface area contributed by atoms with E-state index in [1.165, 1.54) is 12.1 Å². The van der Waals surface area contributed by atoms with Gasteiger partial charge in [0.1, 0.15) is 11.6 Å². The molecule has 1 amide bonds. The number of carbonyl (C=O) groups is 2. The number of nitrogens with one attached hydrogen (secondary N) is 1. The van der Waals surface area contributed by atoms with E-state index >= 15 is 0 Å². The summed E-state index contributed by atoms with van der Waals surface area (Å²) in [5.74, 6) is -1.35. The average molecular weight is 384 g/mol. The second-order valence-corrected chi connectivity index (χ2v) is 5.86. The summed E-state index contributed by atoms with van der Waals surface area (Å²) in [6.07, 6.45) is 1.56. The monoisotopic (exact) mass is 383 g/mol. The molecule has 8 heteroatoms. The van der Waals surface area contributed by atoms with Crippen molar-refractivity contribution in [1.29, 1.82) is 0 Å². The quantitative estimate of drug-likeness (QED) is 0.804. The lowest BCUT2D eigenvalue weighted by molar-refractivity contribution is -0.119. The molecule has 0 aliphatic heterocycles. The van der Waals surface area contributed by atoms with Crippen LogP contribution in [0, 0.1) is 5.82 Å². The molecule has 1 aromatic heterocycles. The van der Waals surface area contributed by atoms with Crippen molar-refractivity contribution in [2.24, 2.45) is 0 Å². The summed E-state index contributed by atoms with van der Waals surface area (Å²) >= 11 is 3.13. The van der Waals surface area contributed by atoms with Crippen molar-refractivity contribution in [3.8, 4) is 0 Å². The van der Waals surface area contributed by atoms with E-state index in [2.05, 4.69) is 26.3 Å². The van der Waals surface area contributed by atoms with Crippen molar-refractivity contribution in [1.82, 2.24) is 9.78 Å². The smallest absolute Gasteiger partial charge is 0.339 e. The molecule has 0 saturated heterocycles. The van der Waals surface area contributed by atoms with Gasteiger partial charge in [-0.15, -0.1) is 0 Å². The van der Waals surface area contributed by atoms with Gasteiger partial charge < -0.3 is 10.1 Å². The molecule has 2 rings (SSSR count). The second-order valence-electron chi connectivity index (χ2n) is 5.00. The van der Waals surface area contributed by atoms with Crippen LogP contribution in [0.2, 0.25) is 0 Å². The number of hydrogen-bond acceptors (Lipinski definition) is 4. The summed E-state index contributed by atoms with van der Waals surface area (Å²) < 4.78 is 20.1. The van der Waals surface area contributed by atoms with Gasteiger partial charge in [0.15, 0.2) is 6.61 Å². The third-order valence-electron chi connectivity index (χ3n) is 2.91. The highest BCUT2D eigenvalue weighted by Gasteiger charge is 2.15. The van der Waals surface area contributed by atoms with E-state index in [1.807, 2.05) is 13.8 Å². The molecule has 0 spiro atoms. The Bertz CT molecular complexity index is 731. The number of esters is 1. The van der Waals surface area contributed by atoms with Crippen LogP contribution in [0.25, 0.3) is 0 Å². The average Bonchev–Trinajstić information content (AvgIpc) is 2.95. The zero-order chi connectivity index (χ0) is 17.0. The van der Waals surface area contributed by atoms with E-state index in [-0.39, 0.29) is 11.6 Å². The third kappa shape index (κ3) is 4.38. The molecule has 0 bridgehead atoms. The Morgan fingerprint density at radius 1 is 1.39 bits per heavy atom. The molecule has 0 fully saturated rings. The SMILES string of the molecule is CC(C)n1nccc1NC(=O)COC(=O)c1cc(F)ccc1Br. The summed E-state index contributed by atoms with van der Waals surface area (Å²) in [5, 5.41) is 6.68. The van der Waals surface area contributed by atoms with Crippen molar-refractivity contribution in [2.45, 2.75) is 19.9 Å². The molecule has 0 saturated carbocycles. The number of hydrogen-bond donors (Lipinski definition) is 1. The zero-order valence-corrected chi connectivity index (χ0v) is 14.1. The molecule has 0 atom stereocenters. The topological polar surface area (TPSA) is 73.2 Å². The molecule has 0 aliphatic carbocycles. The van der Waals surface area contributed by atoms with Gasteiger partial charge in [0.25, 0.3) is 5.91 Å². The first-order valence-corrected chi connectivity index (χ1v) is 7.63. The standard InChI is InChI=1S/C15H15BrFN3O3/c1-9(2)20-13(5-6-18-20)19-14(21)8-23-15(22)11-7-10(17)3-4-12(11)16/h3-7,9H,8H2,1-2H3,(H,19,21). The van der Waals surface area contributed by atoms with Gasteiger partial charge in [0.05, 0.1) is 11.8 Å². The first-order valence-electron chi connectivity index (χ1n) is 6.84. The third-order valence-corrected chi connectivity index (χ3v) is 3.60. The molecule has 0 aliphatic rings. The second kappa shape index (κ2) is 7.36. The molecular formula is C15H15BrFN3O3. The lowest BCUT2D eigenvalue weighted by Crippen LogP contribution is -2.23. The zero-order valence-electron chi connectivity index (χ0n) is 12.5. The molecule has 6 nitrogen and oxygen atoms in total. The molecule has 2 aromatic rings. The maximum atomic E-state index is 13.2. The minimum atomic E-state index is -0.788. The lowest BCUT2D eigenvalue weighted by Gasteiger charge is -2.12. The van der Waals surface area contributed by atoms with Gasteiger partial charge in [0, 0.05) is 16.6 Å². The van der Waals surface area contributed by atoms with Crippen molar-refractivity contribution >= 4 is 33.6 Å². The number of rotatable bonds is 5. The summed E-state index contributed by atoms with van der Waals surface area (Å²) in [6, 6.07) is 5.36. The molecule has 23 heavy (non-hydrogen) atoms. The predicted octanol–water partition coefficient (Wildman–Crippen LogP) is 3.16. The number of ether oxygens (including phenoxy) is 1. The van der Waals surface area contributed by atoms with Crippen molar-refractivity contribution in [3.05, 3.63) is 46.3 Å². The molecule has 122 valence electrons. The van der Waals surface area contributed by atoms with Crippen LogP contribution in [0.3, 0.4) is 0 Å². The molecule has 1 heterocycles. The minimum Gasteiger partial charge on any atom is -0.452 e. The summed E-state index contributed by atoms with van der Waals surface area (Å²) in [5.41, 5.74) is 0.0185. The highest BCUT2D eigenvalue weighted by molar-refractivity contribution is 9.10. The Morgan fingerprint density at radius 2 is 2.13 bits per heavy atom. The van der Waals surface area contributed by atoms with Gasteiger partial charge in [0.2, 0.25) is 0 Å². The van der Waals surface area contributed by atoms with E-state index in [0.29, 0.717) is 10.3 Å². The van der Waals surface area contributed by atoms with Gasteiger partial charge in [-0.05, 0) is 48.0 Å². The van der Waals surface area contributed by atoms with Crippen LogP contribution in [0.5, 0.6) is 0 Å². The minimum absolute atomic E-state index is 0.0185. The first-order chi connectivity index (χ1) is 10.9. The van der Waals surface area contributed by atoms with Crippen LogP contribution in [0.1, 0.15) is 30.2 Å². The Labute approximate surface area is 140 Å². The van der Waals surface area contributed by atoms with Gasteiger partial charge >= 0.3 is 5.97 Å². The van der Waals surface area contributed by atoms with E-state index in [1.54, 1.807) is 16.9 Å². The normalized spacial score (nSPS) is 10.7. The van der Waals surface area contributed by atoms with Gasteiger partial charge in [-0.1, -0.05) is 0 Å². The highest BCUT2D eigenvalue weighted by Crippen LogP contribution is 2.19. The molecule has 0 radical (unpaired) electrons. The largest absolute Gasteiger partial charge is 0.452 e. The number of anilines is 1. The van der Waals surface area contributed by atoms with Crippen LogP contribution < -0.4 is 5.32 Å². The van der Waals surface area contributed by atoms with E-state index in [9.17, 15) is 14.0 Å². The Morgan fingerprint density at radius 3 is 2.83 bits per heavy atom. The van der Waals surface area contributed by atoms with Gasteiger partial charge in [-0.25, -0.2) is 13.9 Å². The predicted molar refractivity (Wildman–Crippen MR) is 85.6 cm³/mol. The fourth-order valence-corrected chi connectivity index (χ4v) is 2.27. The van der Waals surface area contributed by atoms with Gasteiger partial charge in [-0.2, -0.15) is 5.10 Å². The van der Waals surface area contributed by atoms with Crippen molar-refractivity contribution < 1.29 is 18.7 Å². The fraction of sp³-hybridized carbons (Fsp3) is 0.267. The number of carbonyl (C=O) groups excluding carboxylic acids is 2. The Hall–Kier alpha value is -2.22. The lowest BCUT2D eigenvalue weighted by atomic mass is 10.2. The highest BCUT2D eigenvalue weighted by atomic mass is 79.9. The summed E-state index contributed by atoms with van der Waals surface area (Å²) in [4.78, 5) is 23.7. The van der Waals surface area contributed by atoms with Crippen LogP contribution in [0.15, 0.2) is 34.9 Å². The number of aromatic nitrogens is 2. The number of nitrogens with zero attached hydrogens (tertiary/aromatic N) is 2.